The number of Topliss-reactive ketones (excluding diaryl/α,β-unsaturated/α-hetero) is 1. The number of nitrogens with zero attached hydrogens (tertiary/aromatic N) is 1. The molecule has 11 nitrogen and oxygen atoms in total. The van der Waals surface area contributed by atoms with Gasteiger partial charge >= 0.3 is 12.0 Å². The molecular formula is C32H47F2N5O6. The fraction of sp³-hybridized carbons (Fsp3) is 0.656. The van der Waals surface area contributed by atoms with Crippen LogP contribution in [0, 0.1) is 5.92 Å². The van der Waals surface area contributed by atoms with Crippen molar-refractivity contribution in [1.82, 2.24) is 26.2 Å². The number of rotatable bonds is 15. The average molecular weight is 636 g/mol. The van der Waals surface area contributed by atoms with Crippen LogP contribution in [-0.2, 0) is 30.3 Å². The number of carbonyl (C=O) groups is 5. The number of morpholine rings is 1. The number of hydrogen-bond acceptors (Lipinski definition) is 6. The molecule has 3 atom stereocenters. The van der Waals surface area contributed by atoms with Crippen LogP contribution in [0.15, 0.2) is 30.3 Å². The Balaban J connectivity index is 1.80. The van der Waals surface area contributed by atoms with E-state index in [4.69, 9.17) is 4.74 Å². The van der Waals surface area contributed by atoms with E-state index in [0.29, 0.717) is 39.1 Å². The van der Waals surface area contributed by atoms with Crippen molar-refractivity contribution in [3.8, 4) is 0 Å². The summed E-state index contributed by atoms with van der Waals surface area (Å²) in [6.45, 7) is 3.38. The molecule has 0 radical (unpaired) electrons. The van der Waals surface area contributed by atoms with Gasteiger partial charge in [0.15, 0.2) is 0 Å². The first kappa shape index (κ1) is 35.9. The molecule has 1 aliphatic carbocycles. The molecule has 45 heavy (non-hydrogen) atoms. The molecule has 5 amide bonds. The van der Waals surface area contributed by atoms with E-state index >= 15 is 0 Å². The van der Waals surface area contributed by atoms with Gasteiger partial charge in [-0.1, -0.05) is 82.2 Å². The molecule has 0 spiro atoms. The smallest absolute Gasteiger partial charge is 0.378 e. The van der Waals surface area contributed by atoms with Crippen molar-refractivity contribution in [3.63, 3.8) is 0 Å². The number of hydrogen-bond donors (Lipinski definition) is 4. The van der Waals surface area contributed by atoms with Gasteiger partial charge in [-0.25, -0.2) is 4.79 Å². The Morgan fingerprint density at radius 1 is 0.911 bits per heavy atom. The lowest BCUT2D eigenvalue weighted by Gasteiger charge is -2.31. The van der Waals surface area contributed by atoms with Crippen molar-refractivity contribution >= 4 is 29.5 Å². The second kappa shape index (κ2) is 17.8. The number of halogens is 2. The Kier molecular flexibility index (Phi) is 14.2. The van der Waals surface area contributed by atoms with E-state index in [1.807, 2.05) is 42.6 Å². The van der Waals surface area contributed by atoms with Crippen LogP contribution in [0.4, 0.5) is 13.6 Å². The lowest BCUT2D eigenvalue weighted by Crippen LogP contribution is -2.60. The lowest BCUT2D eigenvalue weighted by atomic mass is 9.83. The standard InChI is InChI=1S/C32H47F2N5O6/c1-3-4-15-24(28(41)37-25(20-22-11-7-5-8-12-22)27(40)32(33,34)30(43)35-2)36-29(42)26(21-23-13-9-6-10-14-23)38-31(44)39-16-18-45-19-17-39/h6,9-10,13-14,22,24-26H,3-5,7-8,11-12,15-21H2,1-2H3,(H,35,43)(H,36,42)(H,37,41)(H,38,44)/t24-,25?,26-/m0/s1. The first-order chi connectivity index (χ1) is 21.6. The topological polar surface area (TPSA) is 146 Å². The van der Waals surface area contributed by atoms with Crippen LogP contribution in [-0.4, -0.2) is 91.8 Å². The van der Waals surface area contributed by atoms with Crippen LogP contribution < -0.4 is 21.3 Å². The third-order valence-corrected chi connectivity index (χ3v) is 8.42. The van der Waals surface area contributed by atoms with Gasteiger partial charge in [0.05, 0.1) is 19.3 Å². The molecule has 1 aromatic carbocycles. The molecule has 250 valence electrons. The molecule has 0 aromatic heterocycles. The quantitative estimate of drug-likeness (QED) is 0.218. The maximum atomic E-state index is 14.8. The van der Waals surface area contributed by atoms with E-state index in [1.54, 1.807) is 4.90 Å². The second-order valence-electron chi connectivity index (χ2n) is 11.8. The minimum atomic E-state index is -4.34. The highest BCUT2D eigenvalue weighted by Crippen LogP contribution is 2.29. The third-order valence-electron chi connectivity index (χ3n) is 8.42. The van der Waals surface area contributed by atoms with Gasteiger partial charge in [0.25, 0.3) is 5.91 Å². The molecule has 1 aromatic rings. The zero-order valence-corrected chi connectivity index (χ0v) is 26.2. The number of urea groups is 1. The maximum Gasteiger partial charge on any atom is 0.383 e. The van der Waals surface area contributed by atoms with Crippen molar-refractivity contribution in [1.29, 1.82) is 0 Å². The lowest BCUT2D eigenvalue weighted by molar-refractivity contribution is -0.160. The molecule has 1 saturated heterocycles. The van der Waals surface area contributed by atoms with Crippen molar-refractivity contribution in [3.05, 3.63) is 35.9 Å². The van der Waals surface area contributed by atoms with Crippen LogP contribution in [0.5, 0.6) is 0 Å². The average Bonchev–Trinajstić information content (AvgIpc) is 3.06. The van der Waals surface area contributed by atoms with Crippen LogP contribution >= 0.6 is 0 Å². The zero-order valence-electron chi connectivity index (χ0n) is 26.2. The van der Waals surface area contributed by atoms with Gasteiger partial charge in [-0.15, -0.1) is 0 Å². The molecule has 1 unspecified atom stereocenters. The summed E-state index contributed by atoms with van der Waals surface area (Å²) in [4.78, 5) is 66.8. The van der Waals surface area contributed by atoms with Gasteiger partial charge in [0, 0.05) is 26.6 Å². The normalized spacial score (nSPS) is 17.8. The van der Waals surface area contributed by atoms with Gasteiger partial charge < -0.3 is 30.9 Å². The van der Waals surface area contributed by atoms with E-state index in [1.165, 1.54) is 0 Å². The summed E-state index contributed by atoms with van der Waals surface area (Å²) in [6.07, 6.45) is 5.74. The number of ketones is 1. The predicted molar refractivity (Wildman–Crippen MR) is 163 cm³/mol. The Morgan fingerprint density at radius 3 is 2.16 bits per heavy atom. The van der Waals surface area contributed by atoms with E-state index in [-0.39, 0.29) is 25.2 Å². The molecule has 4 N–H and O–H groups in total. The van der Waals surface area contributed by atoms with Crippen molar-refractivity contribution in [2.24, 2.45) is 5.92 Å². The second-order valence-corrected chi connectivity index (χ2v) is 11.8. The van der Waals surface area contributed by atoms with E-state index in [9.17, 15) is 32.8 Å². The van der Waals surface area contributed by atoms with Crippen molar-refractivity contribution in [2.45, 2.75) is 95.2 Å². The first-order valence-electron chi connectivity index (χ1n) is 16.0. The number of nitrogens with one attached hydrogen (secondary N) is 4. The summed E-state index contributed by atoms with van der Waals surface area (Å²) < 4.78 is 35.0. The number of benzene rings is 1. The van der Waals surface area contributed by atoms with E-state index in [2.05, 4.69) is 16.0 Å². The number of alkyl halides is 2. The van der Waals surface area contributed by atoms with Crippen LogP contribution in [0.3, 0.4) is 0 Å². The first-order valence-corrected chi connectivity index (χ1v) is 16.0. The Morgan fingerprint density at radius 2 is 1.53 bits per heavy atom. The Labute approximate surface area is 263 Å². The highest BCUT2D eigenvalue weighted by atomic mass is 19.3. The SMILES string of the molecule is CCCC[C@H](NC(=O)[C@H](Cc1ccccc1)NC(=O)N1CCOCC1)C(=O)NC(CC1CCCCC1)C(=O)C(F)(F)C(=O)NC. The van der Waals surface area contributed by atoms with Crippen molar-refractivity contribution in [2.75, 3.05) is 33.4 Å². The minimum Gasteiger partial charge on any atom is -0.378 e. The van der Waals surface area contributed by atoms with E-state index < -0.39 is 53.6 Å². The molecule has 2 aliphatic rings. The third kappa shape index (κ3) is 10.8. The van der Waals surface area contributed by atoms with Crippen LogP contribution in [0.25, 0.3) is 0 Å². The van der Waals surface area contributed by atoms with Crippen molar-refractivity contribution < 1.29 is 37.5 Å². The molecule has 1 heterocycles. The van der Waals surface area contributed by atoms with Gasteiger partial charge in [-0.2, -0.15) is 8.78 Å². The highest BCUT2D eigenvalue weighted by Gasteiger charge is 2.50. The fourth-order valence-corrected chi connectivity index (χ4v) is 5.76. The van der Waals surface area contributed by atoms with Gasteiger partial charge in [-0.05, 0) is 24.3 Å². The number of amides is 5. The van der Waals surface area contributed by atoms with Gasteiger partial charge in [0.1, 0.15) is 12.1 Å². The summed E-state index contributed by atoms with van der Waals surface area (Å²) in [7, 11) is 1.01. The zero-order chi connectivity index (χ0) is 32.8. The Bertz CT molecular complexity index is 1140. The summed E-state index contributed by atoms with van der Waals surface area (Å²) in [6, 6.07) is 4.81. The Hall–Kier alpha value is -3.61. The summed E-state index contributed by atoms with van der Waals surface area (Å²) in [5, 5.41) is 9.79. The van der Waals surface area contributed by atoms with Gasteiger partial charge in [0.2, 0.25) is 17.6 Å². The molecule has 1 saturated carbocycles. The highest BCUT2D eigenvalue weighted by molar-refractivity contribution is 6.10. The summed E-state index contributed by atoms with van der Waals surface area (Å²) >= 11 is 0. The number of ether oxygens (including phenoxy) is 1. The van der Waals surface area contributed by atoms with Crippen LogP contribution in [0.2, 0.25) is 0 Å². The van der Waals surface area contributed by atoms with Crippen LogP contribution in [0.1, 0.15) is 70.3 Å². The maximum absolute atomic E-state index is 14.8. The monoisotopic (exact) mass is 635 g/mol. The molecule has 1 aliphatic heterocycles. The minimum absolute atomic E-state index is 0.0299. The molecule has 3 rings (SSSR count). The molecule has 2 fully saturated rings. The number of unbranched alkanes of at least 4 members (excludes halogenated alkanes) is 1. The molecule has 13 heteroatoms. The summed E-state index contributed by atoms with van der Waals surface area (Å²) in [5.74, 6) is -9.25. The largest absolute Gasteiger partial charge is 0.383 e. The number of carbonyl (C=O) groups excluding carboxylic acids is 5. The fourth-order valence-electron chi connectivity index (χ4n) is 5.76. The molecule has 0 bridgehead atoms. The summed E-state index contributed by atoms with van der Waals surface area (Å²) in [5.41, 5.74) is 0.782. The van der Waals surface area contributed by atoms with Gasteiger partial charge in [-0.3, -0.25) is 19.2 Å². The molecular weight excluding hydrogens is 588 g/mol. The van der Waals surface area contributed by atoms with E-state index in [0.717, 1.165) is 44.7 Å². The predicted octanol–water partition coefficient (Wildman–Crippen LogP) is 2.72.